The van der Waals surface area contributed by atoms with E-state index in [2.05, 4.69) is 55.7 Å². The minimum absolute atomic E-state index is 0.412. The first-order valence-electron chi connectivity index (χ1n) is 6.96. The Morgan fingerprint density at radius 2 is 1.78 bits per heavy atom. The number of aromatic nitrogens is 2. The maximum atomic E-state index is 4.55. The van der Waals surface area contributed by atoms with Gasteiger partial charge in [0.1, 0.15) is 0 Å². The molecule has 0 amide bonds. The Balaban J connectivity index is 2.32. The van der Waals surface area contributed by atoms with Gasteiger partial charge in [-0.1, -0.05) is 27.7 Å². The minimum atomic E-state index is 0.412. The summed E-state index contributed by atoms with van der Waals surface area (Å²) in [6, 6.07) is 0.562. The van der Waals surface area contributed by atoms with Crippen molar-refractivity contribution < 1.29 is 0 Å². The highest BCUT2D eigenvalue weighted by molar-refractivity contribution is 5.28. The quantitative estimate of drug-likeness (QED) is 0.858. The van der Waals surface area contributed by atoms with E-state index < -0.39 is 0 Å². The second-order valence-electron chi connectivity index (χ2n) is 7.43. The molecule has 1 heterocycles. The van der Waals surface area contributed by atoms with Crippen LogP contribution in [-0.2, 0) is 0 Å². The zero-order valence-electron chi connectivity index (χ0n) is 12.7. The van der Waals surface area contributed by atoms with Gasteiger partial charge in [-0.2, -0.15) is 0 Å². The molecule has 1 aromatic rings. The molecule has 1 aliphatic carbocycles. The molecule has 0 aromatic carbocycles. The molecule has 0 aliphatic heterocycles. The van der Waals surface area contributed by atoms with Crippen LogP contribution in [0.1, 0.15) is 58.7 Å². The Bertz CT molecular complexity index is 413. The Hall–Kier alpha value is -0.990. The van der Waals surface area contributed by atoms with Gasteiger partial charge in [-0.15, -0.1) is 0 Å². The zero-order chi connectivity index (χ0) is 13.6. The normalized spacial score (nSPS) is 23.0. The van der Waals surface area contributed by atoms with Gasteiger partial charge < -0.3 is 9.88 Å². The molecule has 2 rings (SSSR count). The third-order valence-electron chi connectivity index (χ3n) is 4.00. The van der Waals surface area contributed by atoms with Crippen molar-refractivity contribution in [3.05, 3.63) is 11.9 Å². The maximum Gasteiger partial charge on any atom is 0.203 e. The molecular formula is C15H27N3. The molecule has 0 bridgehead atoms. The van der Waals surface area contributed by atoms with Gasteiger partial charge in [0.2, 0.25) is 5.95 Å². The lowest BCUT2D eigenvalue weighted by Crippen LogP contribution is -2.35. The standard InChI is InChI=1S/C15H27N3/c1-11-9-18(13(16-6)17-11)12-7-14(2,3)10-15(4,5)8-12/h9,12H,7-8,10H2,1-6H3,(H,16,17). The highest BCUT2D eigenvalue weighted by Crippen LogP contribution is 2.50. The zero-order valence-corrected chi connectivity index (χ0v) is 12.7. The largest absolute Gasteiger partial charge is 0.359 e. The van der Waals surface area contributed by atoms with Crippen LogP contribution in [0.15, 0.2) is 6.20 Å². The number of hydrogen-bond donors (Lipinski definition) is 1. The van der Waals surface area contributed by atoms with Crippen LogP contribution in [0.4, 0.5) is 5.95 Å². The fraction of sp³-hybridized carbons (Fsp3) is 0.800. The number of rotatable bonds is 2. The third-order valence-corrected chi connectivity index (χ3v) is 4.00. The first-order chi connectivity index (χ1) is 8.22. The molecule has 3 nitrogen and oxygen atoms in total. The van der Waals surface area contributed by atoms with Gasteiger partial charge in [0.15, 0.2) is 0 Å². The molecular weight excluding hydrogens is 222 g/mol. The van der Waals surface area contributed by atoms with Crippen molar-refractivity contribution in [2.45, 2.75) is 59.9 Å². The van der Waals surface area contributed by atoms with Crippen molar-refractivity contribution in [2.75, 3.05) is 12.4 Å². The summed E-state index contributed by atoms with van der Waals surface area (Å²) in [4.78, 5) is 4.55. The van der Waals surface area contributed by atoms with Crippen molar-refractivity contribution >= 4 is 5.95 Å². The van der Waals surface area contributed by atoms with E-state index in [1.54, 1.807) is 0 Å². The summed E-state index contributed by atoms with van der Waals surface area (Å²) < 4.78 is 2.35. The van der Waals surface area contributed by atoms with Crippen molar-refractivity contribution in [3.63, 3.8) is 0 Å². The van der Waals surface area contributed by atoms with Crippen LogP contribution < -0.4 is 5.32 Å². The summed E-state index contributed by atoms with van der Waals surface area (Å²) in [7, 11) is 1.96. The molecule has 0 unspecified atom stereocenters. The number of imidazole rings is 1. The first-order valence-corrected chi connectivity index (χ1v) is 6.96. The predicted molar refractivity (Wildman–Crippen MR) is 77.0 cm³/mol. The van der Waals surface area contributed by atoms with Crippen LogP contribution in [0.3, 0.4) is 0 Å². The van der Waals surface area contributed by atoms with Crippen molar-refractivity contribution in [2.24, 2.45) is 10.8 Å². The fourth-order valence-electron chi connectivity index (χ4n) is 3.96. The van der Waals surface area contributed by atoms with E-state index in [0.29, 0.717) is 16.9 Å². The molecule has 3 heteroatoms. The Morgan fingerprint density at radius 3 is 2.28 bits per heavy atom. The number of aryl methyl sites for hydroxylation is 1. The maximum absolute atomic E-state index is 4.55. The Kier molecular flexibility index (Phi) is 3.20. The highest BCUT2D eigenvalue weighted by atomic mass is 15.2. The smallest absolute Gasteiger partial charge is 0.203 e. The van der Waals surface area contributed by atoms with E-state index in [9.17, 15) is 0 Å². The number of nitrogens with one attached hydrogen (secondary N) is 1. The summed E-state index contributed by atoms with van der Waals surface area (Å²) >= 11 is 0. The van der Waals surface area contributed by atoms with Gasteiger partial charge in [0, 0.05) is 19.3 Å². The van der Waals surface area contributed by atoms with E-state index in [0.717, 1.165) is 11.6 Å². The topological polar surface area (TPSA) is 29.9 Å². The summed E-state index contributed by atoms with van der Waals surface area (Å²) in [6.45, 7) is 11.6. The molecule has 0 radical (unpaired) electrons. The van der Waals surface area contributed by atoms with E-state index in [-0.39, 0.29) is 0 Å². The van der Waals surface area contributed by atoms with E-state index in [4.69, 9.17) is 0 Å². The molecule has 18 heavy (non-hydrogen) atoms. The minimum Gasteiger partial charge on any atom is -0.359 e. The van der Waals surface area contributed by atoms with Gasteiger partial charge in [-0.3, -0.25) is 0 Å². The second-order valence-corrected chi connectivity index (χ2v) is 7.43. The van der Waals surface area contributed by atoms with Gasteiger partial charge in [-0.05, 0) is 37.0 Å². The van der Waals surface area contributed by atoms with Crippen LogP contribution in [0.5, 0.6) is 0 Å². The Labute approximate surface area is 111 Å². The summed E-state index contributed by atoms with van der Waals surface area (Å²) in [6.07, 6.45) is 5.97. The fourth-order valence-corrected chi connectivity index (χ4v) is 3.96. The lowest BCUT2D eigenvalue weighted by Gasteiger charge is -2.45. The molecule has 102 valence electrons. The first kappa shape index (κ1) is 13.4. The molecule has 1 N–H and O–H groups in total. The highest BCUT2D eigenvalue weighted by Gasteiger charge is 2.39. The van der Waals surface area contributed by atoms with E-state index in [1.165, 1.54) is 19.3 Å². The summed E-state index contributed by atoms with van der Waals surface area (Å²) in [5, 5.41) is 3.22. The lowest BCUT2D eigenvalue weighted by molar-refractivity contribution is 0.0730. The van der Waals surface area contributed by atoms with Gasteiger partial charge >= 0.3 is 0 Å². The number of hydrogen-bond acceptors (Lipinski definition) is 2. The Morgan fingerprint density at radius 1 is 1.22 bits per heavy atom. The lowest BCUT2D eigenvalue weighted by atomic mass is 9.63. The molecule has 1 aliphatic rings. The van der Waals surface area contributed by atoms with Gasteiger partial charge in [0.05, 0.1) is 5.69 Å². The average Bonchev–Trinajstić information content (AvgIpc) is 2.54. The van der Waals surface area contributed by atoms with Gasteiger partial charge in [-0.25, -0.2) is 4.98 Å². The summed E-state index contributed by atoms with van der Waals surface area (Å²) in [5.74, 6) is 1.01. The molecule has 0 saturated heterocycles. The van der Waals surface area contributed by atoms with Crippen LogP contribution in [0, 0.1) is 17.8 Å². The number of nitrogens with zero attached hydrogens (tertiary/aromatic N) is 2. The number of anilines is 1. The van der Waals surface area contributed by atoms with Crippen LogP contribution in [0.25, 0.3) is 0 Å². The molecule has 1 saturated carbocycles. The predicted octanol–water partition coefficient (Wildman–Crippen LogP) is 4.01. The SMILES string of the molecule is CNc1nc(C)cn1C1CC(C)(C)CC(C)(C)C1. The van der Waals surface area contributed by atoms with Crippen LogP contribution in [-0.4, -0.2) is 16.6 Å². The third kappa shape index (κ3) is 2.70. The van der Waals surface area contributed by atoms with Crippen molar-refractivity contribution in [1.82, 2.24) is 9.55 Å². The van der Waals surface area contributed by atoms with Crippen LogP contribution in [0.2, 0.25) is 0 Å². The summed E-state index contributed by atoms with van der Waals surface area (Å²) in [5.41, 5.74) is 1.92. The van der Waals surface area contributed by atoms with E-state index >= 15 is 0 Å². The van der Waals surface area contributed by atoms with E-state index in [1.807, 2.05) is 7.05 Å². The molecule has 0 atom stereocenters. The molecule has 1 fully saturated rings. The van der Waals surface area contributed by atoms with Gasteiger partial charge in [0.25, 0.3) is 0 Å². The van der Waals surface area contributed by atoms with Crippen molar-refractivity contribution in [1.29, 1.82) is 0 Å². The van der Waals surface area contributed by atoms with Crippen molar-refractivity contribution in [3.8, 4) is 0 Å². The monoisotopic (exact) mass is 249 g/mol. The average molecular weight is 249 g/mol. The molecule has 0 spiro atoms. The second kappa shape index (κ2) is 4.29. The van der Waals surface area contributed by atoms with Crippen LogP contribution >= 0.6 is 0 Å². The molecule has 1 aromatic heterocycles.